The van der Waals surface area contributed by atoms with Crippen molar-refractivity contribution in [3.8, 4) is 17.0 Å². The van der Waals surface area contributed by atoms with Crippen LogP contribution in [-0.4, -0.2) is 36.8 Å². The number of hydrogen-bond donors (Lipinski definition) is 1. The van der Waals surface area contributed by atoms with Gasteiger partial charge in [-0.05, 0) is 48.9 Å². The number of hydrogen-bond acceptors (Lipinski definition) is 5. The fourth-order valence-corrected chi connectivity index (χ4v) is 4.56. The van der Waals surface area contributed by atoms with Crippen molar-refractivity contribution >= 4 is 5.91 Å². The number of amides is 1. The number of carbonyl (C=O) groups is 1. The Morgan fingerprint density at radius 2 is 1.91 bits per heavy atom. The van der Waals surface area contributed by atoms with Crippen molar-refractivity contribution in [2.45, 2.75) is 45.6 Å². The van der Waals surface area contributed by atoms with Crippen molar-refractivity contribution in [3.63, 3.8) is 0 Å². The van der Waals surface area contributed by atoms with E-state index in [0.717, 1.165) is 53.8 Å². The zero-order valence-corrected chi connectivity index (χ0v) is 18.6. The number of ether oxygens (including phenoxy) is 2. The molecule has 5 rings (SSSR count). The van der Waals surface area contributed by atoms with Crippen LogP contribution < -0.4 is 10.1 Å². The summed E-state index contributed by atoms with van der Waals surface area (Å²) in [6.45, 7) is 6.00. The molecule has 0 atom stereocenters. The molecule has 1 N–H and O–H groups in total. The fourth-order valence-electron chi connectivity index (χ4n) is 4.56. The van der Waals surface area contributed by atoms with Crippen molar-refractivity contribution in [3.05, 3.63) is 70.3 Å². The third-order valence-corrected chi connectivity index (χ3v) is 6.43. The largest absolute Gasteiger partial charge is 0.492 e. The first kappa shape index (κ1) is 20.8. The summed E-state index contributed by atoms with van der Waals surface area (Å²) in [5, 5.41) is 3.19. The molecule has 3 heterocycles. The topological polar surface area (TPSA) is 73.6 Å². The lowest BCUT2D eigenvalue weighted by Gasteiger charge is -2.24. The summed E-state index contributed by atoms with van der Waals surface area (Å²) >= 11 is 0. The van der Waals surface area contributed by atoms with Crippen molar-refractivity contribution in [1.29, 1.82) is 0 Å². The standard InChI is InChI=1S/C26H28N2O4/c1-16-20(13-18-3-5-19(6-4-18)24-15-32-17(2)27-24)14-23(25-22(16)9-12-31-25)26(29)28-21-7-10-30-11-8-21/h3-6,14-15,21H,7-13H2,1-2H3,(H,28,29). The fraction of sp³-hybridized carbons (Fsp3) is 0.385. The molecule has 0 saturated carbocycles. The van der Waals surface area contributed by atoms with Gasteiger partial charge in [0.15, 0.2) is 5.89 Å². The Balaban J connectivity index is 1.40. The van der Waals surface area contributed by atoms with Gasteiger partial charge in [-0.25, -0.2) is 4.98 Å². The van der Waals surface area contributed by atoms with E-state index in [1.807, 2.05) is 13.0 Å². The van der Waals surface area contributed by atoms with Gasteiger partial charge in [-0.15, -0.1) is 0 Å². The van der Waals surface area contributed by atoms with Crippen LogP contribution in [0.15, 0.2) is 41.0 Å². The van der Waals surface area contributed by atoms with Crippen molar-refractivity contribution in [2.24, 2.45) is 0 Å². The minimum atomic E-state index is -0.0481. The molecule has 0 radical (unpaired) electrons. The van der Waals surface area contributed by atoms with Crippen LogP contribution in [0.5, 0.6) is 5.75 Å². The van der Waals surface area contributed by atoms with Gasteiger partial charge < -0.3 is 19.2 Å². The minimum absolute atomic E-state index is 0.0481. The number of fused-ring (bicyclic) bond motifs is 1. The molecule has 6 heteroatoms. The average Bonchev–Trinajstić information content (AvgIpc) is 3.46. The molecule has 1 amide bonds. The summed E-state index contributed by atoms with van der Waals surface area (Å²) < 4.78 is 16.6. The van der Waals surface area contributed by atoms with Crippen LogP contribution in [0.25, 0.3) is 11.3 Å². The Bertz CT molecular complexity index is 1130. The summed E-state index contributed by atoms with van der Waals surface area (Å²) in [6.07, 6.45) is 4.99. The number of carbonyl (C=O) groups excluding carboxylic acids is 1. The van der Waals surface area contributed by atoms with Gasteiger partial charge in [0.2, 0.25) is 0 Å². The van der Waals surface area contributed by atoms with E-state index in [1.54, 1.807) is 6.26 Å². The molecule has 2 aliphatic heterocycles. The van der Waals surface area contributed by atoms with Crippen LogP contribution in [0.1, 0.15) is 51.3 Å². The van der Waals surface area contributed by atoms with E-state index >= 15 is 0 Å². The monoisotopic (exact) mass is 432 g/mol. The highest BCUT2D eigenvalue weighted by Gasteiger charge is 2.26. The molecule has 0 spiro atoms. The highest BCUT2D eigenvalue weighted by atomic mass is 16.5. The molecular formula is C26H28N2O4. The van der Waals surface area contributed by atoms with Crippen molar-refractivity contribution in [1.82, 2.24) is 10.3 Å². The number of aryl methyl sites for hydroxylation is 1. The summed E-state index contributed by atoms with van der Waals surface area (Å²) in [7, 11) is 0. The molecule has 1 saturated heterocycles. The zero-order chi connectivity index (χ0) is 22.1. The second kappa shape index (κ2) is 8.79. The van der Waals surface area contributed by atoms with Gasteiger partial charge in [-0.1, -0.05) is 24.3 Å². The maximum Gasteiger partial charge on any atom is 0.255 e. The molecule has 3 aromatic rings. The molecule has 2 aromatic carbocycles. The first-order valence-electron chi connectivity index (χ1n) is 11.3. The maximum atomic E-state index is 13.1. The molecule has 0 unspecified atom stereocenters. The van der Waals surface area contributed by atoms with Crippen LogP contribution in [-0.2, 0) is 17.6 Å². The highest BCUT2D eigenvalue weighted by Crippen LogP contribution is 2.35. The second-order valence-electron chi connectivity index (χ2n) is 8.60. The van der Waals surface area contributed by atoms with E-state index in [0.29, 0.717) is 31.3 Å². The first-order valence-corrected chi connectivity index (χ1v) is 11.3. The quantitative estimate of drug-likeness (QED) is 0.647. The van der Waals surface area contributed by atoms with Gasteiger partial charge in [0, 0.05) is 43.7 Å². The van der Waals surface area contributed by atoms with E-state index in [9.17, 15) is 4.79 Å². The predicted molar refractivity (Wildman–Crippen MR) is 121 cm³/mol. The molecular weight excluding hydrogens is 404 g/mol. The Hall–Kier alpha value is -3.12. The first-order chi connectivity index (χ1) is 15.6. The average molecular weight is 433 g/mol. The summed E-state index contributed by atoms with van der Waals surface area (Å²) in [5.41, 5.74) is 7.25. The Morgan fingerprint density at radius 1 is 1.12 bits per heavy atom. The molecule has 6 nitrogen and oxygen atoms in total. The van der Waals surface area contributed by atoms with Crippen LogP contribution in [0.2, 0.25) is 0 Å². The lowest BCUT2D eigenvalue weighted by atomic mass is 9.92. The van der Waals surface area contributed by atoms with Gasteiger partial charge in [0.1, 0.15) is 17.7 Å². The zero-order valence-electron chi connectivity index (χ0n) is 18.6. The second-order valence-corrected chi connectivity index (χ2v) is 8.60. The molecule has 1 aromatic heterocycles. The van der Waals surface area contributed by atoms with E-state index in [4.69, 9.17) is 13.9 Å². The normalized spacial score (nSPS) is 15.9. The number of rotatable bonds is 5. The summed E-state index contributed by atoms with van der Waals surface area (Å²) in [6, 6.07) is 10.5. The molecule has 166 valence electrons. The Labute approximate surface area is 188 Å². The van der Waals surface area contributed by atoms with Crippen LogP contribution in [0, 0.1) is 13.8 Å². The van der Waals surface area contributed by atoms with Crippen LogP contribution >= 0.6 is 0 Å². The van der Waals surface area contributed by atoms with E-state index in [-0.39, 0.29) is 11.9 Å². The molecule has 32 heavy (non-hydrogen) atoms. The molecule has 0 bridgehead atoms. The lowest BCUT2D eigenvalue weighted by molar-refractivity contribution is 0.0695. The van der Waals surface area contributed by atoms with Gasteiger partial charge >= 0.3 is 0 Å². The number of nitrogens with one attached hydrogen (secondary N) is 1. The molecule has 2 aliphatic rings. The van der Waals surface area contributed by atoms with Gasteiger partial charge in [0.25, 0.3) is 5.91 Å². The van der Waals surface area contributed by atoms with E-state index < -0.39 is 0 Å². The van der Waals surface area contributed by atoms with Gasteiger partial charge in [-0.2, -0.15) is 0 Å². The van der Waals surface area contributed by atoms with E-state index in [2.05, 4.69) is 41.5 Å². The minimum Gasteiger partial charge on any atom is -0.492 e. The Morgan fingerprint density at radius 3 is 2.62 bits per heavy atom. The third-order valence-electron chi connectivity index (χ3n) is 6.43. The smallest absolute Gasteiger partial charge is 0.255 e. The van der Waals surface area contributed by atoms with Gasteiger partial charge in [0.05, 0.1) is 12.2 Å². The SMILES string of the molecule is Cc1nc(-c2ccc(Cc3cc(C(=O)NC4CCOCC4)c4c(c3C)CCO4)cc2)co1. The number of benzene rings is 2. The van der Waals surface area contributed by atoms with Crippen LogP contribution in [0.3, 0.4) is 0 Å². The maximum absolute atomic E-state index is 13.1. The number of oxazole rings is 1. The molecule has 1 fully saturated rings. The van der Waals surface area contributed by atoms with Crippen molar-refractivity contribution < 1.29 is 18.7 Å². The van der Waals surface area contributed by atoms with E-state index in [1.165, 1.54) is 11.1 Å². The summed E-state index contributed by atoms with van der Waals surface area (Å²) in [4.78, 5) is 17.5. The molecule has 0 aliphatic carbocycles. The lowest BCUT2D eigenvalue weighted by Crippen LogP contribution is -2.39. The predicted octanol–water partition coefficient (Wildman–Crippen LogP) is 4.39. The number of nitrogens with zero attached hydrogens (tertiary/aromatic N) is 1. The summed E-state index contributed by atoms with van der Waals surface area (Å²) in [5.74, 6) is 1.37. The van der Waals surface area contributed by atoms with Crippen molar-refractivity contribution in [2.75, 3.05) is 19.8 Å². The number of aromatic nitrogens is 1. The van der Waals surface area contributed by atoms with Gasteiger partial charge in [-0.3, -0.25) is 4.79 Å². The van der Waals surface area contributed by atoms with Crippen LogP contribution in [0.4, 0.5) is 0 Å². The third kappa shape index (κ3) is 4.15. The highest BCUT2D eigenvalue weighted by molar-refractivity contribution is 5.98. The Kier molecular flexibility index (Phi) is 5.70.